The lowest BCUT2D eigenvalue weighted by Crippen LogP contribution is -2.16. The molecule has 1 atom stereocenters. The van der Waals surface area contributed by atoms with E-state index in [9.17, 15) is 4.79 Å². The Kier molecular flexibility index (Phi) is 5.21. The van der Waals surface area contributed by atoms with Crippen LogP contribution in [0, 0.1) is 0 Å². The van der Waals surface area contributed by atoms with Gasteiger partial charge < -0.3 is 4.57 Å². The number of hydrogen-bond donors (Lipinski definition) is 0. The Morgan fingerprint density at radius 2 is 1.62 bits per heavy atom. The van der Waals surface area contributed by atoms with Gasteiger partial charge in [0.2, 0.25) is 5.78 Å². The number of Topliss-reactive ketones (excluding diaryl/α,β-unsaturated/α-hetero) is 1. The van der Waals surface area contributed by atoms with Gasteiger partial charge in [-0.1, -0.05) is 26.8 Å². The first-order valence-corrected chi connectivity index (χ1v) is 11.4. The summed E-state index contributed by atoms with van der Waals surface area (Å²) >= 11 is 0. The minimum atomic E-state index is 0.111. The van der Waals surface area contributed by atoms with Crippen molar-refractivity contribution in [3.05, 3.63) is 47.5 Å². The molecule has 3 heteroatoms. The van der Waals surface area contributed by atoms with Crippen molar-refractivity contribution in [1.29, 1.82) is 0 Å². The molecule has 138 valence electrons. The van der Waals surface area contributed by atoms with Crippen LogP contribution in [0.2, 0.25) is 0 Å². The number of carbonyl (C=O) groups excluding carboxylic acids is 1. The van der Waals surface area contributed by atoms with Gasteiger partial charge in [0.15, 0.2) is 5.75 Å². The number of ketones is 1. The number of fused-ring (bicyclic) bond motifs is 3. The molecule has 0 saturated heterocycles. The molecular weight excluding hydrogens is 338 g/mol. The second-order valence-corrected chi connectivity index (χ2v) is 10.5. The Balaban J connectivity index is 2.20. The molecule has 0 aliphatic carbocycles. The summed E-state index contributed by atoms with van der Waals surface area (Å²) in [7, 11) is 0.165. The number of nitrogens with zero attached hydrogens (tertiary/aromatic N) is 1. The Labute approximate surface area is 159 Å². The summed E-state index contributed by atoms with van der Waals surface area (Å²) in [5.74, 6) is 1.99. The highest BCUT2D eigenvalue weighted by Crippen LogP contribution is 2.33. The van der Waals surface area contributed by atoms with E-state index in [1.54, 1.807) is 0 Å². The second-order valence-electron chi connectivity index (χ2n) is 8.10. The normalized spacial score (nSPS) is 13.5. The quantitative estimate of drug-likeness (QED) is 0.427. The van der Waals surface area contributed by atoms with Crippen LogP contribution >= 0.6 is 0 Å². The fourth-order valence-electron chi connectivity index (χ4n) is 3.49. The molecule has 0 amide bonds. The first-order chi connectivity index (χ1) is 12.3. The van der Waals surface area contributed by atoms with Crippen molar-refractivity contribution >= 4 is 38.5 Å². The molecule has 3 rings (SSSR count). The van der Waals surface area contributed by atoms with Gasteiger partial charge in [-0.05, 0) is 66.1 Å². The van der Waals surface area contributed by atoms with Crippen LogP contribution in [0.5, 0.6) is 0 Å². The van der Waals surface area contributed by atoms with Gasteiger partial charge in [-0.2, -0.15) is 0 Å². The summed E-state index contributed by atoms with van der Waals surface area (Å²) in [4.78, 5) is 12.7. The molecule has 26 heavy (non-hydrogen) atoms. The Morgan fingerprint density at radius 1 is 1.00 bits per heavy atom. The van der Waals surface area contributed by atoms with Crippen molar-refractivity contribution in [3.8, 4) is 0 Å². The van der Waals surface area contributed by atoms with Crippen molar-refractivity contribution in [2.24, 2.45) is 0 Å². The Bertz CT molecular complexity index is 962. The zero-order valence-electron chi connectivity index (χ0n) is 16.8. The van der Waals surface area contributed by atoms with Crippen molar-refractivity contribution in [1.82, 2.24) is 4.57 Å². The molecule has 0 aliphatic heterocycles. The largest absolute Gasteiger partial charge is 0.341 e. The van der Waals surface area contributed by atoms with Crippen molar-refractivity contribution in [3.63, 3.8) is 0 Å². The predicted octanol–water partition coefficient (Wildman–Crippen LogP) is 5.56. The van der Waals surface area contributed by atoms with Crippen LogP contribution < -0.4 is 0 Å². The third-order valence-corrected chi connectivity index (χ3v) is 6.98. The SMILES string of the molecule is CCn1c2ccc(C(=O)C[S+](C)CC)cc2c2cc(C(C)(C)C)ccc21. The highest BCUT2D eigenvalue weighted by Gasteiger charge is 2.20. The summed E-state index contributed by atoms with van der Waals surface area (Å²) in [5, 5.41) is 2.46. The average molecular weight is 369 g/mol. The van der Waals surface area contributed by atoms with Crippen LogP contribution in [-0.4, -0.2) is 28.1 Å². The molecule has 0 spiro atoms. The first-order valence-electron chi connectivity index (χ1n) is 9.45. The molecule has 0 radical (unpaired) electrons. The maximum Gasteiger partial charge on any atom is 0.211 e. The molecule has 3 aromatic rings. The monoisotopic (exact) mass is 368 g/mol. The molecule has 0 bridgehead atoms. The zero-order valence-corrected chi connectivity index (χ0v) is 17.7. The van der Waals surface area contributed by atoms with Crippen LogP contribution in [0.4, 0.5) is 0 Å². The van der Waals surface area contributed by atoms with E-state index < -0.39 is 0 Å². The molecule has 0 N–H and O–H groups in total. The van der Waals surface area contributed by atoms with Gasteiger partial charge in [0.25, 0.3) is 0 Å². The third-order valence-electron chi connectivity index (χ3n) is 5.24. The minimum absolute atomic E-state index is 0.111. The van der Waals surface area contributed by atoms with Gasteiger partial charge in [0.05, 0.1) is 6.26 Å². The third kappa shape index (κ3) is 3.42. The number of aromatic nitrogens is 1. The molecule has 2 nitrogen and oxygen atoms in total. The van der Waals surface area contributed by atoms with Crippen LogP contribution in [-0.2, 0) is 22.9 Å². The zero-order chi connectivity index (χ0) is 19.1. The Morgan fingerprint density at radius 3 is 2.19 bits per heavy atom. The van der Waals surface area contributed by atoms with E-state index in [0.29, 0.717) is 5.75 Å². The molecule has 0 saturated carbocycles. The Hall–Kier alpha value is -1.74. The van der Waals surface area contributed by atoms with Crippen molar-refractivity contribution in [2.75, 3.05) is 17.8 Å². The van der Waals surface area contributed by atoms with Crippen LogP contribution in [0.3, 0.4) is 0 Å². The van der Waals surface area contributed by atoms with Gasteiger partial charge in [0.1, 0.15) is 5.75 Å². The highest BCUT2D eigenvalue weighted by molar-refractivity contribution is 7.96. The summed E-state index contributed by atoms with van der Waals surface area (Å²) < 4.78 is 2.35. The number of rotatable bonds is 5. The maximum atomic E-state index is 12.7. The van der Waals surface area contributed by atoms with Gasteiger partial charge >= 0.3 is 0 Å². The van der Waals surface area contributed by atoms with Crippen LogP contribution in [0.1, 0.15) is 50.5 Å². The first kappa shape index (κ1) is 19.0. The molecule has 0 fully saturated rings. The van der Waals surface area contributed by atoms with E-state index in [1.807, 2.05) is 6.07 Å². The summed E-state index contributed by atoms with van der Waals surface area (Å²) in [6.07, 6.45) is 2.18. The van der Waals surface area contributed by atoms with E-state index in [4.69, 9.17) is 0 Å². The standard InChI is InChI=1S/C23H30NOS/c1-7-24-20-11-9-16(22(25)15-26(6)8-2)13-18(20)19-14-17(23(3,4)5)10-12-21(19)24/h9-14H,7-8,15H2,1-6H3/q+1. The average Bonchev–Trinajstić information content (AvgIpc) is 2.92. The fraction of sp³-hybridized carbons (Fsp3) is 0.435. The highest BCUT2D eigenvalue weighted by atomic mass is 32.2. The molecule has 0 aliphatic rings. The second kappa shape index (κ2) is 7.11. The maximum absolute atomic E-state index is 12.7. The lowest BCUT2D eigenvalue weighted by Gasteiger charge is -2.19. The van der Waals surface area contributed by atoms with E-state index in [2.05, 4.69) is 75.8 Å². The van der Waals surface area contributed by atoms with Crippen LogP contribution in [0.25, 0.3) is 21.8 Å². The van der Waals surface area contributed by atoms with Gasteiger partial charge in [-0.3, -0.25) is 4.79 Å². The smallest absolute Gasteiger partial charge is 0.211 e. The van der Waals surface area contributed by atoms with Crippen LogP contribution in [0.15, 0.2) is 36.4 Å². The summed E-state index contributed by atoms with van der Waals surface area (Å²) in [6.45, 7) is 12.0. The fourth-order valence-corrected chi connectivity index (χ4v) is 4.31. The number of carbonyl (C=O) groups is 1. The topological polar surface area (TPSA) is 22.0 Å². The molecule has 1 heterocycles. The van der Waals surface area contributed by atoms with Gasteiger partial charge in [-0.15, -0.1) is 0 Å². The lowest BCUT2D eigenvalue weighted by molar-refractivity contribution is 0.102. The lowest BCUT2D eigenvalue weighted by atomic mass is 9.86. The number of aryl methyl sites for hydroxylation is 1. The van der Waals surface area contributed by atoms with E-state index >= 15 is 0 Å². The molecule has 1 unspecified atom stereocenters. The van der Waals surface area contributed by atoms with Gasteiger partial charge in [0, 0.05) is 33.9 Å². The van der Waals surface area contributed by atoms with Crippen molar-refractivity contribution < 1.29 is 4.79 Å². The summed E-state index contributed by atoms with van der Waals surface area (Å²) in [6, 6.07) is 13.0. The van der Waals surface area contributed by atoms with E-state index in [0.717, 1.165) is 17.9 Å². The molecule has 1 aromatic heterocycles. The predicted molar refractivity (Wildman–Crippen MR) is 117 cm³/mol. The molecule has 2 aromatic carbocycles. The van der Waals surface area contributed by atoms with Gasteiger partial charge in [-0.25, -0.2) is 0 Å². The molecular formula is C23H30NOS+. The van der Waals surface area contributed by atoms with E-state index in [-0.39, 0.29) is 22.1 Å². The number of benzene rings is 2. The van der Waals surface area contributed by atoms with Crippen molar-refractivity contribution in [2.45, 2.75) is 46.6 Å². The number of hydrogen-bond acceptors (Lipinski definition) is 1. The summed E-state index contributed by atoms with van der Waals surface area (Å²) in [5.41, 5.74) is 4.76. The minimum Gasteiger partial charge on any atom is -0.341 e. The van der Waals surface area contributed by atoms with E-state index in [1.165, 1.54) is 27.4 Å².